The van der Waals surface area contributed by atoms with Crippen molar-refractivity contribution >= 4 is 34.8 Å². The van der Waals surface area contributed by atoms with E-state index >= 15 is 0 Å². The number of hydrogen-bond acceptors (Lipinski definition) is 5. The van der Waals surface area contributed by atoms with E-state index in [9.17, 15) is 31.5 Å². The molecule has 0 saturated carbocycles. The molecular formula is C27H30ClF5N4O3. The monoisotopic (exact) mass is 588 g/mol. The molecule has 218 valence electrons. The third kappa shape index (κ3) is 7.41. The zero-order valence-electron chi connectivity index (χ0n) is 21.8. The van der Waals surface area contributed by atoms with Crippen LogP contribution in [-0.2, 0) is 16.1 Å². The van der Waals surface area contributed by atoms with Gasteiger partial charge in [-0.25, -0.2) is 8.78 Å². The van der Waals surface area contributed by atoms with Gasteiger partial charge in [0.05, 0.1) is 35.9 Å². The van der Waals surface area contributed by atoms with Crippen LogP contribution < -0.4 is 15.5 Å². The normalized spacial score (nSPS) is 20.0. The maximum atomic E-state index is 14.9. The van der Waals surface area contributed by atoms with Gasteiger partial charge in [0.25, 0.3) is 5.91 Å². The van der Waals surface area contributed by atoms with Crippen molar-refractivity contribution in [3.63, 3.8) is 0 Å². The minimum atomic E-state index is -4.24. The van der Waals surface area contributed by atoms with Gasteiger partial charge in [0, 0.05) is 56.0 Å². The molecule has 2 aliphatic rings. The summed E-state index contributed by atoms with van der Waals surface area (Å²) in [6.07, 6.45) is -4.58. The Morgan fingerprint density at radius 3 is 2.58 bits per heavy atom. The number of hydrogen-bond donors (Lipinski definition) is 2. The van der Waals surface area contributed by atoms with Gasteiger partial charge in [-0.3, -0.25) is 14.5 Å². The predicted octanol–water partition coefficient (Wildman–Crippen LogP) is 4.99. The van der Waals surface area contributed by atoms with E-state index in [1.54, 1.807) is 11.0 Å². The number of alkyl halides is 3. The van der Waals surface area contributed by atoms with E-state index in [2.05, 4.69) is 10.6 Å². The average Bonchev–Trinajstić information content (AvgIpc) is 3.44. The van der Waals surface area contributed by atoms with Gasteiger partial charge in [-0.1, -0.05) is 17.7 Å². The second-order valence-electron chi connectivity index (χ2n) is 10.0. The first-order valence-electron chi connectivity index (χ1n) is 12.9. The minimum Gasteiger partial charge on any atom is -0.381 e. The van der Waals surface area contributed by atoms with Gasteiger partial charge in [0.15, 0.2) is 11.6 Å². The first-order valence-corrected chi connectivity index (χ1v) is 13.3. The number of carbonyl (C=O) groups excluding carboxylic acids is 2. The van der Waals surface area contributed by atoms with Crippen LogP contribution in [0.2, 0.25) is 5.02 Å². The Morgan fingerprint density at radius 2 is 1.90 bits per heavy atom. The molecule has 2 N–H and O–H groups in total. The summed E-state index contributed by atoms with van der Waals surface area (Å²) in [7, 11) is 0. The molecule has 0 aromatic heterocycles. The first-order chi connectivity index (χ1) is 18.9. The molecule has 40 heavy (non-hydrogen) atoms. The molecule has 4 rings (SSSR count). The van der Waals surface area contributed by atoms with Gasteiger partial charge in [-0.2, -0.15) is 13.2 Å². The van der Waals surface area contributed by atoms with Crippen molar-refractivity contribution in [2.45, 2.75) is 38.5 Å². The topological polar surface area (TPSA) is 73.9 Å². The maximum Gasteiger partial charge on any atom is 0.390 e. The number of nitrogens with zero attached hydrogens (tertiary/aromatic N) is 2. The van der Waals surface area contributed by atoms with Crippen molar-refractivity contribution in [2.75, 3.05) is 49.6 Å². The van der Waals surface area contributed by atoms with Crippen LogP contribution in [0.15, 0.2) is 30.3 Å². The average molecular weight is 589 g/mol. The van der Waals surface area contributed by atoms with Crippen molar-refractivity contribution in [3.8, 4) is 0 Å². The molecule has 2 heterocycles. The Hall–Kier alpha value is -2.96. The number of piperazine rings is 1. The van der Waals surface area contributed by atoms with Crippen molar-refractivity contribution in [3.05, 3.63) is 58.1 Å². The smallest absolute Gasteiger partial charge is 0.381 e. The van der Waals surface area contributed by atoms with Gasteiger partial charge in [0.1, 0.15) is 0 Å². The fourth-order valence-corrected chi connectivity index (χ4v) is 5.05. The van der Waals surface area contributed by atoms with Gasteiger partial charge in [-0.05, 0) is 37.6 Å². The molecule has 2 atom stereocenters. The summed E-state index contributed by atoms with van der Waals surface area (Å²) >= 11 is 6.20. The summed E-state index contributed by atoms with van der Waals surface area (Å²) in [5, 5.41) is 5.54. The fraction of sp³-hybridized carbons (Fsp3) is 0.481. The number of rotatable bonds is 8. The molecule has 2 fully saturated rings. The van der Waals surface area contributed by atoms with Crippen LogP contribution in [0.1, 0.15) is 35.7 Å². The Morgan fingerprint density at radius 1 is 1.12 bits per heavy atom. The van der Waals surface area contributed by atoms with E-state index in [1.807, 2.05) is 11.8 Å². The summed E-state index contributed by atoms with van der Waals surface area (Å²) in [6, 6.07) is 6.84. The summed E-state index contributed by atoms with van der Waals surface area (Å²) in [5.74, 6) is -4.14. The summed E-state index contributed by atoms with van der Waals surface area (Å²) in [4.78, 5) is 28.8. The summed E-state index contributed by atoms with van der Waals surface area (Å²) in [6.45, 7) is 3.34. The van der Waals surface area contributed by atoms with Crippen LogP contribution in [0, 0.1) is 17.6 Å². The molecule has 0 unspecified atom stereocenters. The summed E-state index contributed by atoms with van der Waals surface area (Å²) in [5.41, 5.74) is 0.174. The van der Waals surface area contributed by atoms with Crippen molar-refractivity contribution < 1.29 is 36.3 Å². The van der Waals surface area contributed by atoms with Gasteiger partial charge < -0.3 is 20.3 Å². The molecule has 2 aliphatic heterocycles. The molecule has 2 saturated heterocycles. The van der Waals surface area contributed by atoms with Crippen molar-refractivity contribution in [1.82, 2.24) is 10.2 Å². The van der Waals surface area contributed by atoms with E-state index in [0.29, 0.717) is 49.1 Å². The highest BCUT2D eigenvalue weighted by atomic mass is 35.5. The standard InChI is InChI=1S/C27H30ClF5N4O3/c1-16-14-36(8-7-27(31,32)33)9-10-37(16)22-12-19(28)3-5-21(22)35-26(39)20-4-2-17(23(29)24(20)30)13-34-25(38)18-6-11-40-15-18/h2-5,12,16,18H,6-11,13-15H2,1H3,(H,34,38)(H,35,39)/t16-,18+/m1/s1. The lowest BCUT2D eigenvalue weighted by Gasteiger charge is -2.42. The third-order valence-corrected chi connectivity index (χ3v) is 7.34. The number of carbonyl (C=O) groups is 2. The molecule has 0 spiro atoms. The molecule has 0 aliphatic carbocycles. The molecule has 0 radical (unpaired) electrons. The highest BCUT2D eigenvalue weighted by molar-refractivity contribution is 6.31. The number of ether oxygens (including phenoxy) is 1. The van der Waals surface area contributed by atoms with Crippen LogP contribution in [0.4, 0.5) is 33.3 Å². The Bertz CT molecular complexity index is 1240. The quantitative estimate of drug-likeness (QED) is 0.425. The second-order valence-corrected chi connectivity index (χ2v) is 10.4. The fourth-order valence-electron chi connectivity index (χ4n) is 4.89. The number of anilines is 2. The van der Waals surface area contributed by atoms with Crippen molar-refractivity contribution in [1.29, 1.82) is 0 Å². The SMILES string of the molecule is C[C@@H]1CN(CCC(F)(F)F)CCN1c1cc(Cl)ccc1NC(=O)c1ccc(CNC(=O)[C@H]2CCOC2)c(F)c1F. The Kier molecular flexibility index (Phi) is 9.52. The molecule has 0 bridgehead atoms. The lowest BCUT2D eigenvalue weighted by atomic mass is 10.1. The number of benzene rings is 2. The zero-order chi connectivity index (χ0) is 29.0. The molecule has 7 nitrogen and oxygen atoms in total. The Labute approximate surface area is 233 Å². The number of halogens is 6. The van der Waals surface area contributed by atoms with E-state index in [0.717, 1.165) is 6.07 Å². The predicted molar refractivity (Wildman–Crippen MR) is 140 cm³/mol. The highest BCUT2D eigenvalue weighted by Gasteiger charge is 2.31. The molecule has 2 aromatic carbocycles. The lowest BCUT2D eigenvalue weighted by Crippen LogP contribution is -2.52. The highest BCUT2D eigenvalue weighted by Crippen LogP contribution is 2.33. The molecule has 2 amide bonds. The van der Waals surface area contributed by atoms with E-state index < -0.39 is 35.7 Å². The van der Waals surface area contributed by atoms with Gasteiger partial charge in [0.2, 0.25) is 5.91 Å². The van der Waals surface area contributed by atoms with E-state index in [1.165, 1.54) is 18.2 Å². The second kappa shape index (κ2) is 12.7. The first kappa shape index (κ1) is 30.0. The lowest BCUT2D eigenvalue weighted by molar-refractivity contribution is -0.138. The minimum absolute atomic E-state index is 0.106. The number of amides is 2. The summed E-state index contributed by atoms with van der Waals surface area (Å²) < 4.78 is 72.8. The third-order valence-electron chi connectivity index (χ3n) is 7.10. The van der Waals surface area contributed by atoms with Crippen LogP contribution in [0.5, 0.6) is 0 Å². The molecular weight excluding hydrogens is 559 g/mol. The van der Waals surface area contributed by atoms with E-state index in [-0.39, 0.29) is 43.1 Å². The van der Waals surface area contributed by atoms with Gasteiger partial charge >= 0.3 is 6.18 Å². The number of nitrogens with one attached hydrogen (secondary N) is 2. The van der Waals surface area contributed by atoms with Crippen LogP contribution in [0.25, 0.3) is 0 Å². The maximum absolute atomic E-state index is 14.9. The van der Waals surface area contributed by atoms with E-state index in [4.69, 9.17) is 16.3 Å². The van der Waals surface area contributed by atoms with Crippen LogP contribution in [-0.4, -0.2) is 68.3 Å². The Balaban J connectivity index is 1.44. The van der Waals surface area contributed by atoms with Crippen LogP contribution >= 0.6 is 11.6 Å². The largest absolute Gasteiger partial charge is 0.390 e. The zero-order valence-corrected chi connectivity index (χ0v) is 22.5. The van der Waals surface area contributed by atoms with Gasteiger partial charge in [-0.15, -0.1) is 0 Å². The van der Waals surface area contributed by atoms with Crippen LogP contribution in [0.3, 0.4) is 0 Å². The molecule has 2 aromatic rings. The molecule has 13 heteroatoms. The van der Waals surface area contributed by atoms with Crippen molar-refractivity contribution in [2.24, 2.45) is 5.92 Å².